The first-order valence-electron chi connectivity index (χ1n) is 8.21. The van der Waals surface area contributed by atoms with Gasteiger partial charge in [0.1, 0.15) is 0 Å². The van der Waals surface area contributed by atoms with E-state index in [1.54, 1.807) is 0 Å². The van der Waals surface area contributed by atoms with Crippen molar-refractivity contribution >= 4 is 11.7 Å². The first-order valence-corrected chi connectivity index (χ1v) is 8.21. The lowest BCUT2D eigenvalue weighted by Crippen LogP contribution is -2.19. The first-order chi connectivity index (χ1) is 9.93. The molecule has 2 heteroatoms. The van der Waals surface area contributed by atoms with E-state index >= 15 is 0 Å². The van der Waals surface area contributed by atoms with Gasteiger partial charge >= 0.3 is 0 Å². The minimum absolute atomic E-state index is 0.0392. The third-order valence-electron chi connectivity index (χ3n) is 5.13. The summed E-state index contributed by atoms with van der Waals surface area (Å²) in [4.78, 5) is 8.92. The zero-order valence-electron chi connectivity index (χ0n) is 14.5. The smallest absolute Gasteiger partial charge is 0.0954 e. The Hall–Kier alpha value is -1.40. The summed E-state index contributed by atoms with van der Waals surface area (Å²) in [7, 11) is 0. The van der Waals surface area contributed by atoms with E-state index in [2.05, 4.69) is 75.7 Å². The van der Waals surface area contributed by atoms with Crippen molar-refractivity contribution in [1.29, 1.82) is 0 Å². The number of rotatable bonds is 7. The minimum Gasteiger partial charge on any atom is -0.219 e. The number of hydrogen-bond acceptors (Lipinski definition) is 2. The molecule has 0 aliphatic heterocycles. The third-order valence-corrected chi connectivity index (χ3v) is 5.13. The van der Waals surface area contributed by atoms with Crippen LogP contribution in [0, 0.1) is 0 Å². The summed E-state index contributed by atoms with van der Waals surface area (Å²) in [5.41, 5.74) is 2.48. The van der Waals surface area contributed by atoms with E-state index in [0.717, 1.165) is 31.4 Å². The van der Waals surface area contributed by atoms with Crippen LogP contribution >= 0.6 is 0 Å². The molecule has 0 bridgehead atoms. The lowest BCUT2D eigenvalue weighted by Gasteiger charge is -2.27. The number of aliphatic imine (C=N–C) groups is 2. The molecule has 0 spiro atoms. The zero-order chi connectivity index (χ0) is 15.9. The third kappa shape index (κ3) is 4.54. The molecule has 0 atom stereocenters. The predicted octanol–water partition coefficient (Wildman–Crippen LogP) is 6.15. The highest BCUT2D eigenvalue weighted by Gasteiger charge is 2.22. The molecule has 1 rings (SSSR count). The molecule has 1 aromatic rings. The van der Waals surface area contributed by atoms with Crippen LogP contribution in [-0.4, -0.2) is 11.5 Å². The van der Waals surface area contributed by atoms with Crippen LogP contribution in [0.2, 0.25) is 0 Å². The van der Waals surface area contributed by atoms with Crippen LogP contribution in [0.25, 0.3) is 0 Å². The van der Waals surface area contributed by atoms with Crippen LogP contribution in [-0.2, 0) is 5.41 Å². The molecule has 0 saturated carbocycles. The van der Waals surface area contributed by atoms with Gasteiger partial charge in [-0.3, -0.25) is 0 Å². The molecule has 1 aromatic carbocycles. The fraction of sp³-hybridized carbons (Fsp3) is 0.632. The minimum atomic E-state index is -0.0392. The van der Waals surface area contributed by atoms with Crippen molar-refractivity contribution in [2.45, 2.75) is 78.2 Å². The van der Waals surface area contributed by atoms with Crippen molar-refractivity contribution in [3.05, 3.63) is 29.8 Å². The van der Waals surface area contributed by atoms with Crippen molar-refractivity contribution < 1.29 is 0 Å². The van der Waals surface area contributed by atoms with Gasteiger partial charge in [-0.15, -0.1) is 0 Å². The Morgan fingerprint density at radius 3 is 2.10 bits per heavy atom. The van der Waals surface area contributed by atoms with E-state index in [-0.39, 0.29) is 11.0 Å². The van der Waals surface area contributed by atoms with E-state index in [1.807, 2.05) is 6.07 Å². The Kier molecular flexibility index (Phi) is 6.36. The average molecular weight is 286 g/mol. The Morgan fingerprint density at radius 1 is 0.952 bits per heavy atom. The number of benzene rings is 1. The zero-order valence-corrected chi connectivity index (χ0v) is 14.5. The van der Waals surface area contributed by atoms with Gasteiger partial charge in [0.15, 0.2) is 0 Å². The molecule has 0 radical (unpaired) electrons. The molecule has 0 fully saturated rings. The summed E-state index contributed by atoms with van der Waals surface area (Å²) in [6.45, 7) is 13.3. The van der Waals surface area contributed by atoms with Crippen molar-refractivity contribution in [2.75, 3.05) is 0 Å². The summed E-state index contributed by atoms with van der Waals surface area (Å²) in [5, 5.41) is 0. The molecule has 0 amide bonds. The van der Waals surface area contributed by atoms with Gasteiger partial charge in [-0.1, -0.05) is 46.8 Å². The monoisotopic (exact) mass is 286 g/mol. The van der Waals surface area contributed by atoms with Crippen molar-refractivity contribution in [1.82, 2.24) is 0 Å². The molecule has 116 valence electrons. The summed E-state index contributed by atoms with van der Waals surface area (Å²) in [6.07, 6.45) is 4.29. The molecule has 0 aliphatic carbocycles. The van der Waals surface area contributed by atoms with Crippen molar-refractivity contribution in [3.8, 4) is 0 Å². The second-order valence-corrected chi connectivity index (χ2v) is 6.35. The molecular weight excluding hydrogens is 256 g/mol. The topological polar surface area (TPSA) is 24.7 Å². The molecule has 2 nitrogen and oxygen atoms in total. The standard InChI is InChI=1S/C19H30N2/c1-7-18(5,8-2)16-12-11-13-17(14-16)20-15-21-19(6,9-3)10-4/h11-14H,7-10H2,1-6H3. The van der Waals surface area contributed by atoms with Crippen molar-refractivity contribution in [3.63, 3.8) is 0 Å². The Morgan fingerprint density at radius 2 is 1.57 bits per heavy atom. The SMILES string of the molecule is CCC(C)(CC)N=C=Nc1cccc(C(C)(CC)CC)c1. The fourth-order valence-electron chi connectivity index (χ4n) is 2.22. The maximum atomic E-state index is 4.50. The summed E-state index contributed by atoms with van der Waals surface area (Å²) < 4.78 is 0. The van der Waals surface area contributed by atoms with Crippen LogP contribution in [0.15, 0.2) is 34.3 Å². The molecular formula is C19H30N2. The predicted molar refractivity (Wildman–Crippen MR) is 92.9 cm³/mol. The summed E-state index contributed by atoms with van der Waals surface area (Å²) in [6, 6.07) is 11.4. The van der Waals surface area contributed by atoms with Crippen LogP contribution in [0.5, 0.6) is 0 Å². The van der Waals surface area contributed by atoms with Crippen LogP contribution in [0.4, 0.5) is 5.69 Å². The van der Waals surface area contributed by atoms with Crippen LogP contribution < -0.4 is 0 Å². The Bertz CT molecular complexity index is 502. The largest absolute Gasteiger partial charge is 0.219 e. The second-order valence-electron chi connectivity index (χ2n) is 6.35. The van der Waals surface area contributed by atoms with E-state index in [1.165, 1.54) is 5.56 Å². The summed E-state index contributed by atoms with van der Waals surface area (Å²) >= 11 is 0. The van der Waals surface area contributed by atoms with Crippen molar-refractivity contribution in [2.24, 2.45) is 9.98 Å². The lowest BCUT2D eigenvalue weighted by atomic mass is 9.78. The molecule has 0 aromatic heterocycles. The number of hydrogen-bond donors (Lipinski definition) is 0. The van der Waals surface area contributed by atoms with Gasteiger partial charge in [0, 0.05) is 0 Å². The second kappa shape index (κ2) is 7.56. The average Bonchev–Trinajstić information content (AvgIpc) is 2.54. The maximum Gasteiger partial charge on any atom is 0.0954 e. The highest BCUT2D eigenvalue weighted by molar-refractivity contribution is 5.54. The highest BCUT2D eigenvalue weighted by atomic mass is 14.9. The number of nitrogens with zero attached hydrogens (tertiary/aromatic N) is 2. The van der Waals surface area contributed by atoms with Crippen LogP contribution in [0.3, 0.4) is 0 Å². The first kappa shape index (κ1) is 17.7. The quantitative estimate of drug-likeness (QED) is 0.537. The van der Waals surface area contributed by atoms with Gasteiger partial charge in [-0.2, -0.15) is 4.99 Å². The van der Waals surface area contributed by atoms with Gasteiger partial charge in [-0.05, 0) is 55.7 Å². The molecule has 0 saturated heterocycles. The van der Waals surface area contributed by atoms with E-state index < -0.39 is 0 Å². The van der Waals surface area contributed by atoms with E-state index in [0.29, 0.717) is 0 Å². The maximum absolute atomic E-state index is 4.50. The summed E-state index contributed by atoms with van der Waals surface area (Å²) in [5.74, 6) is 0. The molecule has 0 N–H and O–H groups in total. The highest BCUT2D eigenvalue weighted by Crippen LogP contribution is 2.32. The van der Waals surface area contributed by atoms with Gasteiger partial charge < -0.3 is 0 Å². The molecule has 0 heterocycles. The normalized spacial score (nSPS) is 11.9. The molecule has 0 aliphatic rings. The Balaban J connectivity index is 3.04. The van der Waals surface area contributed by atoms with Gasteiger partial charge in [-0.25, -0.2) is 4.99 Å². The molecule has 21 heavy (non-hydrogen) atoms. The van der Waals surface area contributed by atoms with Crippen LogP contribution in [0.1, 0.15) is 72.8 Å². The van der Waals surface area contributed by atoms with E-state index in [4.69, 9.17) is 0 Å². The fourth-order valence-corrected chi connectivity index (χ4v) is 2.22. The van der Waals surface area contributed by atoms with Gasteiger partial charge in [0.25, 0.3) is 0 Å². The van der Waals surface area contributed by atoms with Gasteiger partial charge in [0.05, 0.1) is 17.2 Å². The Labute approximate surface area is 130 Å². The lowest BCUT2D eigenvalue weighted by molar-refractivity contribution is 0.439. The van der Waals surface area contributed by atoms with E-state index in [9.17, 15) is 0 Å². The van der Waals surface area contributed by atoms with Gasteiger partial charge in [0.2, 0.25) is 0 Å². The molecule has 0 unspecified atom stereocenters.